The zero-order valence-corrected chi connectivity index (χ0v) is 17.4. The first-order valence-electron chi connectivity index (χ1n) is 9.23. The fourth-order valence-corrected chi connectivity index (χ4v) is 3.01. The van der Waals surface area contributed by atoms with Gasteiger partial charge in [0.1, 0.15) is 5.75 Å². The molecule has 1 aromatic carbocycles. The van der Waals surface area contributed by atoms with Gasteiger partial charge in [0.2, 0.25) is 0 Å². The Hall–Kier alpha value is -3.67. The first-order chi connectivity index (χ1) is 14.3. The van der Waals surface area contributed by atoms with Crippen molar-refractivity contribution in [2.24, 2.45) is 0 Å². The Kier molecular flexibility index (Phi) is 7.69. The monoisotopic (exact) mass is 413 g/mol. The number of ether oxygens (including phenoxy) is 3. The van der Waals surface area contributed by atoms with Crippen LogP contribution in [-0.4, -0.2) is 41.9 Å². The van der Waals surface area contributed by atoms with E-state index in [1.54, 1.807) is 4.68 Å². The molecule has 0 saturated carbocycles. The van der Waals surface area contributed by atoms with E-state index in [1.165, 1.54) is 32.4 Å². The van der Waals surface area contributed by atoms with Crippen molar-refractivity contribution in [1.82, 2.24) is 9.78 Å². The van der Waals surface area contributed by atoms with Gasteiger partial charge in [-0.1, -0.05) is 0 Å². The van der Waals surface area contributed by atoms with Gasteiger partial charge < -0.3 is 14.2 Å². The Morgan fingerprint density at radius 3 is 2.20 bits per heavy atom. The predicted octanol–water partition coefficient (Wildman–Crippen LogP) is 2.53. The lowest BCUT2D eigenvalue weighted by Gasteiger charge is -2.09. The second-order valence-electron chi connectivity index (χ2n) is 6.48. The highest BCUT2D eigenvalue weighted by Gasteiger charge is 2.17. The van der Waals surface area contributed by atoms with Crippen LogP contribution in [0.15, 0.2) is 18.2 Å². The molecule has 0 bridgehead atoms. The van der Waals surface area contributed by atoms with E-state index in [2.05, 4.69) is 20.6 Å². The van der Waals surface area contributed by atoms with Crippen LogP contribution in [0.1, 0.15) is 50.5 Å². The third-order valence-electron chi connectivity index (χ3n) is 4.53. The number of nitriles is 1. The molecule has 0 aliphatic rings. The Labute approximate surface area is 174 Å². The molecule has 30 heavy (non-hydrogen) atoms. The van der Waals surface area contributed by atoms with Crippen LogP contribution in [0.25, 0.3) is 0 Å². The van der Waals surface area contributed by atoms with Crippen LogP contribution in [0.2, 0.25) is 0 Å². The maximum absolute atomic E-state index is 12.4. The number of hydrogen-bond donors (Lipinski definition) is 0. The van der Waals surface area contributed by atoms with Gasteiger partial charge >= 0.3 is 17.9 Å². The summed E-state index contributed by atoms with van der Waals surface area (Å²) in [6.45, 7) is 4.23. The normalized spacial score (nSPS) is 10.2. The maximum Gasteiger partial charge on any atom is 0.338 e. The van der Waals surface area contributed by atoms with Crippen LogP contribution in [0.3, 0.4) is 0 Å². The third kappa shape index (κ3) is 5.44. The molecule has 158 valence electrons. The van der Waals surface area contributed by atoms with Gasteiger partial charge in [-0.3, -0.25) is 9.48 Å². The summed E-state index contributed by atoms with van der Waals surface area (Å²) in [5.74, 6) is -1.83. The van der Waals surface area contributed by atoms with Crippen molar-refractivity contribution in [2.75, 3.05) is 14.2 Å². The van der Waals surface area contributed by atoms with Crippen LogP contribution in [0, 0.1) is 25.2 Å². The average molecular weight is 413 g/mol. The number of methoxy groups -OCH3 is 2. The summed E-state index contributed by atoms with van der Waals surface area (Å²) in [5.41, 5.74) is 2.74. The van der Waals surface area contributed by atoms with E-state index in [0.717, 1.165) is 17.0 Å². The molecule has 0 saturated heterocycles. The van der Waals surface area contributed by atoms with Gasteiger partial charge in [-0.2, -0.15) is 10.4 Å². The first-order valence-corrected chi connectivity index (χ1v) is 9.23. The molecule has 0 aliphatic carbocycles. The lowest BCUT2D eigenvalue weighted by molar-refractivity contribution is -0.134. The minimum absolute atomic E-state index is 0.0430. The van der Waals surface area contributed by atoms with Gasteiger partial charge in [0.15, 0.2) is 0 Å². The van der Waals surface area contributed by atoms with Gasteiger partial charge in [-0.05, 0) is 44.0 Å². The number of aryl methyl sites for hydroxylation is 2. The number of carbonyl (C=O) groups is 3. The van der Waals surface area contributed by atoms with E-state index < -0.39 is 17.9 Å². The van der Waals surface area contributed by atoms with Crippen molar-refractivity contribution >= 4 is 17.9 Å². The Balaban J connectivity index is 2.13. The van der Waals surface area contributed by atoms with E-state index in [0.29, 0.717) is 19.4 Å². The molecule has 0 N–H and O–H groups in total. The second-order valence-corrected chi connectivity index (χ2v) is 6.48. The lowest BCUT2D eigenvalue weighted by Crippen LogP contribution is -2.12. The van der Waals surface area contributed by atoms with Crippen LogP contribution >= 0.6 is 0 Å². The molecular weight excluding hydrogens is 390 g/mol. The maximum atomic E-state index is 12.4. The molecular formula is C21H23N3O6. The van der Waals surface area contributed by atoms with E-state index >= 15 is 0 Å². The number of nitrogens with zero attached hydrogens (tertiary/aromatic N) is 3. The molecule has 0 spiro atoms. The van der Waals surface area contributed by atoms with Gasteiger partial charge in [-0.15, -0.1) is 0 Å². The molecule has 1 aromatic heterocycles. The second kappa shape index (κ2) is 10.2. The van der Waals surface area contributed by atoms with Crippen LogP contribution in [-0.2, 0) is 27.2 Å². The molecule has 2 rings (SSSR count). The lowest BCUT2D eigenvalue weighted by atomic mass is 10.1. The van der Waals surface area contributed by atoms with Crippen molar-refractivity contribution in [3.63, 3.8) is 0 Å². The minimum Gasteiger partial charge on any atom is -0.465 e. The zero-order valence-electron chi connectivity index (χ0n) is 17.4. The minimum atomic E-state index is -0.672. The highest BCUT2D eigenvalue weighted by molar-refractivity contribution is 5.96. The predicted molar refractivity (Wildman–Crippen MR) is 105 cm³/mol. The van der Waals surface area contributed by atoms with Crippen molar-refractivity contribution < 1.29 is 28.6 Å². The molecule has 0 unspecified atom stereocenters. The highest BCUT2D eigenvalue weighted by atomic mass is 16.5. The number of rotatable bonds is 8. The molecule has 0 amide bonds. The molecule has 9 heteroatoms. The summed E-state index contributed by atoms with van der Waals surface area (Å²) in [5, 5.41) is 13.1. The topological polar surface area (TPSA) is 121 Å². The number of esters is 3. The number of hydrogen-bond acceptors (Lipinski definition) is 8. The quantitative estimate of drug-likeness (QED) is 0.478. The van der Waals surface area contributed by atoms with Crippen LogP contribution in [0.4, 0.5) is 0 Å². The fraction of sp³-hybridized carbons (Fsp3) is 0.381. The third-order valence-corrected chi connectivity index (χ3v) is 4.53. The van der Waals surface area contributed by atoms with Crippen LogP contribution < -0.4 is 4.74 Å². The Morgan fingerprint density at radius 1 is 1.07 bits per heavy atom. The molecule has 0 radical (unpaired) electrons. The molecule has 0 atom stereocenters. The SMILES string of the molecule is COC(=O)c1cc(OC(=O)CCc2c(C)nn(CCC#N)c2C)cc(C(=O)OC)c1. The van der Waals surface area contributed by atoms with Crippen molar-refractivity contribution in [3.8, 4) is 11.8 Å². The molecule has 1 heterocycles. The van der Waals surface area contributed by atoms with Crippen LogP contribution in [0.5, 0.6) is 5.75 Å². The largest absolute Gasteiger partial charge is 0.465 e. The molecule has 0 aliphatic heterocycles. The van der Waals surface area contributed by atoms with Crippen molar-refractivity contribution in [2.45, 2.75) is 39.7 Å². The van der Waals surface area contributed by atoms with E-state index in [9.17, 15) is 14.4 Å². The molecule has 9 nitrogen and oxygen atoms in total. The number of aromatic nitrogens is 2. The Morgan fingerprint density at radius 2 is 1.67 bits per heavy atom. The first kappa shape index (κ1) is 22.6. The summed E-state index contributed by atoms with van der Waals surface area (Å²) in [4.78, 5) is 36.0. The number of carbonyl (C=O) groups excluding carboxylic acids is 3. The van der Waals surface area contributed by atoms with E-state index in [4.69, 9.17) is 10.00 Å². The summed E-state index contributed by atoms with van der Waals surface area (Å²) >= 11 is 0. The smallest absolute Gasteiger partial charge is 0.338 e. The van der Waals surface area contributed by atoms with Gasteiger partial charge in [-0.25, -0.2) is 9.59 Å². The number of benzene rings is 1. The van der Waals surface area contributed by atoms with Gasteiger partial charge in [0.25, 0.3) is 0 Å². The fourth-order valence-electron chi connectivity index (χ4n) is 3.01. The van der Waals surface area contributed by atoms with Crippen molar-refractivity contribution in [3.05, 3.63) is 46.3 Å². The molecule has 0 fully saturated rings. The molecule has 2 aromatic rings. The standard InChI is InChI=1S/C21H23N3O6/c1-13-18(14(2)24(23-13)9-5-8-22)6-7-19(25)30-17-11-15(20(26)28-3)10-16(12-17)21(27)29-4/h10-12H,5-7,9H2,1-4H3. The summed E-state index contributed by atoms with van der Waals surface area (Å²) in [7, 11) is 2.42. The summed E-state index contributed by atoms with van der Waals surface area (Å²) < 4.78 is 16.4. The average Bonchev–Trinajstić information content (AvgIpc) is 3.01. The highest BCUT2D eigenvalue weighted by Crippen LogP contribution is 2.21. The van der Waals surface area contributed by atoms with E-state index in [-0.39, 0.29) is 23.3 Å². The van der Waals surface area contributed by atoms with Gasteiger partial charge in [0.05, 0.1) is 56.5 Å². The summed E-state index contributed by atoms with van der Waals surface area (Å²) in [6.07, 6.45) is 0.827. The van der Waals surface area contributed by atoms with Gasteiger partial charge in [0, 0.05) is 5.69 Å². The van der Waals surface area contributed by atoms with Crippen molar-refractivity contribution in [1.29, 1.82) is 5.26 Å². The summed E-state index contributed by atoms with van der Waals surface area (Å²) in [6, 6.07) is 6.04. The Bertz CT molecular complexity index is 969. The van der Waals surface area contributed by atoms with E-state index in [1.807, 2.05) is 13.8 Å². The zero-order chi connectivity index (χ0) is 22.3.